The van der Waals surface area contributed by atoms with Crippen molar-refractivity contribution in [3.8, 4) is 0 Å². The van der Waals surface area contributed by atoms with Crippen molar-refractivity contribution >= 4 is 52.4 Å². The number of carbonyl (C=O) groups is 2. The van der Waals surface area contributed by atoms with Gasteiger partial charge in [0.25, 0.3) is 5.91 Å². The van der Waals surface area contributed by atoms with E-state index in [2.05, 4.69) is 29.1 Å². The molecule has 1 saturated heterocycles. The first-order chi connectivity index (χ1) is 13.9. The second kappa shape index (κ2) is 8.96. The molecule has 3 rings (SSSR count). The molecule has 1 aliphatic rings. The highest BCUT2D eigenvalue weighted by Crippen LogP contribution is 2.23. The average Bonchev–Trinajstić information content (AvgIpc) is 2.71. The molecule has 1 N–H and O–H groups in total. The average molecular weight is 409 g/mol. The first kappa shape index (κ1) is 20.7. The molecule has 1 aliphatic heterocycles. The van der Waals surface area contributed by atoms with Crippen LogP contribution < -0.4 is 15.1 Å². The number of aryl methyl sites for hydroxylation is 1. The summed E-state index contributed by atoms with van der Waals surface area (Å²) in [6.07, 6.45) is 1.38. The van der Waals surface area contributed by atoms with Crippen molar-refractivity contribution in [2.24, 2.45) is 10.9 Å². The van der Waals surface area contributed by atoms with Gasteiger partial charge in [0, 0.05) is 25.0 Å². The maximum Gasteiger partial charge on any atom is 0.251 e. The van der Waals surface area contributed by atoms with Gasteiger partial charge in [-0.05, 0) is 69.4 Å². The van der Waals surface area contributed by atoms with Crippen LogP contribution in [0.2, 0.25) is 0 Å². The van der Waals surface area contributed by atoms with Crippen molar-refractivity contribution in [3.05, 3.63) is 54.1 Å². The Hall–Kier alpha value is -3.06. The van der Waals surface area contributed by atoms with Gasteiger partial charge in [0.2, 0.25) is 5.91 Å². The first-order valence-corrected chi connectivity index (χ1v) is 10.00. The molecule has 1 atom stereocenters. The molecule has 6 nitrogen and oxygen atoms in total. The van der Waals surface area contributed by atoms with E-state index in [1.54, 1.807) is 12.1 Å². The van der Waals surface area contributed by atoms with E-state index in [9.17, 15) is 9.59 Å². The third-order valence-corrected chi connectivity index (χ3v) is 5.13. The van der Waals surface area contributed by atoms with E-state index in [1.165, 1.54) is 11.1 Å². The van der Waals surface area contributed by atoms with E-state index in [1.807, 2.05) is 43.3 Å². The van der Waals surface area contributed by atoms with Crippen LogP contribution in [0, 0.1) is 12.8 Å². The van der Waals surface area contributed by atoms with Crippen LogP contribution in [0.1, 0.15) is 19.4 Å². The van der Waals surface area contributed by atoms with E-state index in [0.29, 0.717) is 11.4 Å². The van der Waals surface area contributed by atoms with E-state index in [0.717, 1.165) is 24.3 Å². The van der Waals surface area contributed by atoms with Crippen molar-refractivity contribution in [1.29, 1.82) is 0 Å². The number of benzene rings is 2. The molecule has 2 amide bonds. The molecule has 1 heterocycles. The van der Waals surface area contributed by atoms with E-state index in [-0.39, 0.29) is 5.11 Å². The van der Waals surface area contributed by atoms with Gasteiger partial charge in [-0.25, -0.2) is 0 Å². The number of hydrogen-bond donors (Lipinski definition) is 1. The number of anilines is 2. The van der Waals surface area contributed by atoms with Gasteiger partial charge in [-0.1, -0.05) is 17.7 Å². The summed E-state index contributed by atoms with van der Waals surface area (Å²) in [4.78, 5) is 33.2. The Balaban J connectivity index is 1.80. The van der Waals surface area contributed by atoms with Crippen molar-refractivity contribution < 1.29 is 9.59 Å². The largest absolute Gasteiger partial charge is 0.372 e. The van der Waals surface area contributed by atoms with E-state index >= 15 is 0 Å². The summed E-state index contributed by atoms with van der Waals surface area (Å²) in [7, 11) is 0. The summed E-state index contributed by atoms with van der Waals surface area (Å²) in [5, 5.41) is 2.68. The van der Waals surface area contributed by atoms with Crippen molar-refractivity contribution in [2.75, 3.05) is 22.9 Å². The molecule has 29 heavy (non-hydrogen) atoms. The molecule has 0 aliphatic carbocycles. The Morgan fingerprint density at radius 1 is 1.07 bits per heavy atom. The quantitative estimate of drug-likeness (QED) is 0.451. The molecule has 0 bridgehead atoms. The van der Waals surface area contributed by atoms with Gasteiger partial charge in [0.05, 0.1) is 11.4 Å². The summed E-state index contributed by atoms with van der Waals surface area (Å²) in [6.45, 7) is 8.01. The Morgan fingerprint density at radius 2 is 1.69 bits per heavy atom. The molecular formula is C22H24N4O2S. The molecule has 7 heteroatoms. The fraction of sp³-hybridized carbons (Fsp3) is 0.273. The van der Waals surface area contributed by atoms with Crippen LogP contribution in [-0.2, 0) is 9.59 Å². The summed E-state index contributed by atoms with van der Waals surface area (Å²) < 4.78 is 0. The molecule has 2 aromatic rings. The van der Waals surface area contributed by atoms with Crippen LogP contribution in [0.15, 0.2) is 53.5 Å². The van der Waals surface area contributed by atoms with Crippen LogP contribution in [-0.4, -0.2) is 36.2 Å². The minimum atomic E-state index is -1.04. The number of hydrogen-bond acceptors (Lipinski definition) is 5. The Labute approximate surface area is 176 Å². The van der Waals surface area contributed by atoms with Gasteiger partial charge in [0.1, 0.15) is 0 Å². The SMILES string of the molecule is CCN(CC)c1ccc(N=C[C@H]2C(=O)NC(=S)N(c3ccc(C)cc3)C2=O)cc1. The number of nitrogens with one attached hydrogen (secondary N) is 1. The maximum absolute atomic E-state index is 13.0. The lowest BCUT2D eigenvalue weighted by Gasteiger charge is -2.30. The van der Waals surface area contributed by atoms with Crippen molar-refractivity contribution in [1.82, 2.24) is 5.32 Å². The molecule has 0 spiro atoms. The molecule has 150 valence electrons. The lowest BCUT2D eigenvalue weighted by molar-refractivity contribution is -0.130. The van der Waals surface area contributed by atoms with Gasteiger partial charge < -0.3 is 10.2 Å². The summed E-state index contributed by atoms with van der Waals surface area (Å²) >= 11 is 5.21. The summed E-state index contributed by atoms with van der Waals surface area (Å²) in [6, 6.07) is 15.1. The van der Waals surface area contributed by atoms with Gasteiger partial charge in [-0.2, -0.15) is 0 Å². The number of rotatable bonds is 6. The number of thiocarbonyl (C=S) groups is 1. The molecular weight excluding hydrogens is 384 g/mol. The van der Waals surface area contributed by atoms with Crippen LogP contribution in [0.3, 0.4) is 0 Å². The van der Waals surface area contributed by atoms with Crippen LogP contribution in [0.5, 0.6) is 0 Å². The van der Waals surface area contributed by atoms with Gasteiger partial charge >= 0.3 is 0 Å². The van der Waals surface area contributed by atoms with Crippen molar-refractivity contribution in [3.63, 3.8) is 0 Å². The molecule has 0 radical (unpaired) electrons. The zero-order valence-electron chi connectivity index (χ0n) is 16.8. The first-order valence-electron chi connectivity index (χ1n) is 9.59. The van der Waals surface area contributed by atoms with Crippen LogP contribution in [0.25, 0.3) is 0 Å². The number of amides is 2. The fourth-order valence-electron chi connectivity index (χ4n) is 3.16. The van der Waals surface area contributed by atoms with Crippen molar-refractivity contribution in [2.45, 2.75) is 20.8 Å². The van der Waals surface area contributed by atoms with Crippen LogP contribution in [0.4, 0.5) is 17.1 Å². The fourth-order valence-corrected chi connectivity index (χ4v) is 3.45. The molecule has 0 unspecified atom stereocenters. The van der Waals surface area contributed by atoms with Gasteiger partial charge in [0.15, 0.2) is 11.0 Å². The third kappa shape index (κ3) is 4.51. The number of aliphatic imine (C=N–C) groups is 1. The Kier molecular flexibility index (Phi) is 6.39. The standard InChI is InChI=1S/C22H24N4O2S/c1-4-25(5-2)17-12-8-16(9-13-17)23-14-19-20(27)24-22(29)26(21(19)28)18-10-6-15(3)7-11-18/h6-14,19H,4-5H2,1-3H3,(H,24,27,29)/t19-/m0/s1. The predicted octanol–water partition coefficient (Wildman–Crippen LogP) is 3.61. The highest BCUT2D eigenvalue weighted by molar-refractivity contribution is 7.80. The maximum atomic E-state index is 13.0. The topological polar surface area (TPSA) is 65.0 Å². The Morgan fingerprint density at radius 3 is 2.28 bits per heavy atom. The van der Waals surface area contributed by atoms with E-state index < -0.39 is 17.7 Å². The third-order valence-electron chi connectivity index (χ3n) is 4.85. The second-order valence-corrected chi connectivity index (χ2v) is 7.13. The van der Waals surface area contributed by atoms with Gasteiger partial charge in [-0.15, -0.1) is 0 Å². The lowest BCUT2D eigenvalue weighted by atomic mass is 10.1. The highest BCUT2D eigenvalue weighted by atomic mass is 32.1. The molecule has 0 aromatic heterocycles. The predicted molar refractivity (Wildman–Crippen MR) is 121 cm³/mol. The van der Waals surface area contributed by atoms with Crippen LogP contribution >= 0.6 is 12.2 Å². The zero-order chi connectivity index (χ0) is 21.0. The van der Waals surface area contributed by atoms with Gasteiger partial charge in [-0.3, -0.25) is 19.5 Å². The Bertz CT molecular complexity index is 934. The molecule has 1 fully saturated rings. The number of carbonyl (C=O) groups excluding carboxylic acids is 2. The lowest BCUT2D eigenvalue weighted by Crippen LogP contribution is -2.58. The molecule has 2 aromatic carbocycles. The zero-order valence-corrected chi connectivity index (χ0v) is 17.6. The minimum Gasteiger partial charge on any atom is -0.372 e. The molecule has 0 saturated carbocycles. The normalized spacial score (nSPS) is 17.0. The monoisotopic (exact) mass is 408 g/mol. The smallest absolute Gasteiger partial charge is 0.251 e. The summed E-state index contributed by atoms with van der Waals surface area (Å²) in [5.41, 5.74) is 3.47. The van der Waals surface area contributed by atoms with E-state index in [4.69, 9.17) is 12.2 Å². The number of nitrogens with zero attached hydrogens (tertiary/aromatic N) is 3. The second-order valence-electron chi connectivity index (χ2n) is 6.75. The summed E-state index contributed by atoms with van der Waals surface area (Å²) in [5.74, 6) is -1.91. The minimum absolute atomic E-state index is 0.0806. The highest BCUT2D eigenvalue weighted by Gasteiger charge is 2.38.